The zero-order chi connectivity index (χ0) is 47.1. The number of hydrogen-bond acceptors (Lipinski definition) is 18. The van der Waals surface area contributed by atoms with Crippen molar-refractivity contribution in [3.63, 3.8) is 0 Å². The van der Waals surface area contributed by atoms with E-state index in [1.165, 1.54) is 24.3 Å². The molecule has 24 nitrogen and oxygen atoms in total. The molecule has 6 rings (SSSR count). The minimum atomic E-state index is -5.07. The second-order valence-corrected chi connectivity index (χ2v) is 18.9. The summed E-state index contributed by atoms with van der Waals surface area (Å²) in [6.07, 6.45) is -1.30. The van der Waals surface area contributed by atoms with Crippen LogP contribution in [0.4, 0.5) is 45.5 Å². The number of carbonyl (C=O) groups excluding carboxylic acids is 2. The second-order valence-electron chi connectivity index (χ2n) is 13.3. The third-order valence-corrected chi connectivity index (χ3v) is 12.4. The molecule has 0 aromatic heterocycles. The van der Waals surface area contributed by atoms with Gasteiger partial charge in [0.25, 0.3) is 40.5 Å². The summed E-state index contributed by atoms with van der Waals surface area (Å²) in [5.41, 5.74) is 9.04. The fourth-order valence-electron chi connectivity index (χ4n) is 6.06. The maximum Gasteiger partial charge on any atom is 1.00 e. The molecule has 0 heterocycles. The Labute approximate surface area is 480 Å². The van der Waals surface area contributed by atoms with Crippen LogP contribution in [0.5, 0.6) is 11.5 Å². The molecule has 68 heavy (non-hydrogen) atoms. The van der Waals surface area contributed by atoms with Crippen LogP contribution in [0.15, 0.2) is 125 Å². The first-order valence-electron chi connectivity index (χ1n) is 17.4. The summed E-state index contributed by atoms with van der Waals surface area (Å²) < 4.78 is 135. The van der Waals surface area contributed by atoms with Gasteiger partial charge >= 0.3 is 118 Å². The Morgan fingerprint density at radius 1 is 0.485 bits per heavy atom. The average Bonchev–Trinajstić information content (AvgIpc) is 3.18. The molecular formula is C36H34N8Na4O16S4. The van der Waals surface area contributed by atoms with E-state index in [0.717, 1.165) is 48.5 Å². The van der Waals surface area contributed by atoms with Crippen molar-refractivity contribution in [1.82, 2.24) is 0 Å². The summed E-state index contributed by atoms with van der Waals surface area (Å²) in [6.45, 7) is 0. The van der Waals surface area contributed by atoms with E-state index < -0.39 is 108 Å². The number of anilines is 4. The van der Waals surface area contributed by atoms with Crippen molar-refractivity contribution in [1.29, 1.82) is 0 Å². The van der Waals surface area contributed by atoms with Crippen molar-refractivity contribution in [2.45, 2.75) is 32.4 Å². The standard InChI is InChI=1S/C36H30N8O16S4.4Na.4H/c37-21-9-7-17-13-19(61(49,50)51)15-25(45)31(17)33(21)41-43-35-23(3-1-5-27(35)63(55,56)57)39-29(47)11-12-30(48)40-24-4-2-6-28(64(58,59)60)36(24)44-42-34-22(38)10-8-18-14-20(62(52,53)54)16-26(46)32(18)34;;;;;;;;/h1-10,13-16,45-46H,11-12,37-38H2,(H,39,47)(H,40,48)(H,49,50,51)(H,52,53,54)(H,55,56,57)(H,58,59,60);;;;;;;;/q;4*+1;4*-1. The second kappa shape index (κ2) is 23.8. The number of carbonyl (C=O) groups is 2. The predicted molar refractivity (Wildman–Crippen MR) is 231 cm³/mol. The summed E-state index contributed by atoms with van der Waals surface area (Å²) in [6, 6.07) is 14.7. The summed E-state index contributed by atoms with van der Waals surface area (Å²) in [5, 5.41) is 41.2. The minimum Gasteiger partial charge on any atom is -1.00 e. The van der Waals surface area contributed by atoms with Gasteiger partial charge in [-0.2, -0.15) is 33.7 Å². The first-order valence-corrected chi connectivity index (χ1v) is 23.2. The number of nitrogens with one attached hydrogen (secondary N) is 2. The fraction of sp³-hybridized carbons (Fsp3) is 0.0556. The number of azo groups is 2. The first kappa shape index (κ1) is 60.9. The largest absolute Gasteiger partial charge is 1.00 e. The molecule has 0 saturated heterocycles. The van der Waals surface area contributed by atoms with Gasteiger partial charge in [0, 0.05) is 25.0 Å². The van der Waals surface area contributed by atoms with Crippen molar-refractivity contribution < 1.29 is 196 Å². The molecule has 0 fully saturated rings. The Morgan fingerprint density at radius 3 is 1.12 bits per heavy atom. The topological polar surface area (TPSA) is 418 Å². The SMILES string of the molecule is Nc1ccc2cc(S(=O)(=O)O)cc(O)c2c1N=Nc1c(NC(=O)CCC(=O)Nc2cccc(S(=O)(=O)O)c2N=Nc2c(N)ccc3cc(S(=O)(=O)O)cc(O)c23)cccc1S(=O)(=O)O.[H-].[H-].[H-].[H-].[Na+].[Na+].[Na+].[Na+]. The third-order valence-electron chi connectivity index (χ3n) is 8.93. The number of aromatic hydroxyl groups is 2. The van der Waals surface area contributed by atoms with Gasteiger partial charge in [-0.3, -0.25) is 27.8 Å². The molecule has 0 spiro atoms. The molecule has 12 N–H and O–H groups in total. The summed E-state index contributed by atoms with van der Waals surface area (Å²) >= 11 is 0. The van der Waals surface area contributed by atoms with Crippen LogP contribution in [0.1, 0.15) is 18.5 Å². The predicted octanol–water partition coefficient (Wildman–Crippen LogP) is -5.79. The Bertz CT molecular complexity index is 3310. The van der Waals surface area contributed by atoms with Crippen molar-refractivity contribution >= 4 is 119 Å². The van der Waals surface area contributed by atoms with Gasteiger partial charge in [-0.15, -0.1) is 20.5 Å². The molecule has 342 valence electrons. The zero-order valence-electron chi connectivity index (χ0n) is 39.8. The van der Waals surface area contributed by atoms with Crippen LogP contribution < -0.4 is 140 Å². The smallest absolute Gasteiger partial charge is 1.00 e. The van der Waals surface area contributed by atoms with Gasteiger partial charge in [-0.05, 0) is 59.3 Å². The molecule has 0 radical (unpaired) electrons. The van der Waals surface area contributed by atoms with E-state index in [-0.39, 0.29) is 180 Å². The van der Waals surface area contributed by atoms with Gasteiger partial charge in [0.15, 0.2) is 0 Å². The number of hydrogen-bond donors (Lipinski definition) is 10. The molecule has 6 aromatic rings. The number of fused-ring (bicyclic) bond motifs is 2. The molecular weight excluding hydrogens is 1020 g/mol. The molecule has 0 atom stereocenters. The average molecular weight is 1050 g/mol. The Morgan fingerprint density at radius 2 is 0.809 bits per heavy atom. The van der Waals surface area contributed by atoms with Crippen LogP contribution in [0.25, 0.3) is 21.5 Å². The quantitative estimate of drug-likeness (QED) is 0.0223. The molecule has 6 aromatic carbocycles. The Balaban J connectivity index is -0.00000595. The summed E-state index contributed by atoms with van der Waals surface area (Å²) in [4.78, 5) is 23.3. The van der Waals surface area contributed by atoms with E-state index >= 15 is 0 Å². The van der Waals surface area contributed by atoms with Gasteiger partial charge in [-0.1, -0.05) is 24.3 Å². The molecule has 0 unspecified atom stereocenters. The van der Waals surface area contributed by atoms with Gasteiger partial charge in [0.1, 0.15) is 44.0 Å². The first-order chi connectivity index (χ1) is 29.7. The van der Waals surface area contributed by atoms with Crippen LogP contribution in [0.2, 0.25) is 0 Å². The molecule has 0 saturated carbocycles. The van der Waals surface area contributed by atoms with Crippen LogP contribution in [-0.2, 0) is 50.1 Å². The van der Waals surface area contributed by atoms with Crippen molar-refractivity contribution in [2.75, 3.05) is 22.1 Å². The number of phenols is 2. The van der Waals surface area contributed by atoms with Crippen molar-refractivity contribution in [2.24, 2.45) is 20.5 Å². The number of nitrogens with zero attached hydrogens (tertiary/aromatic N) is 4. The third kappa shape index (κ3) is 14.2. The van der Waals surface area contributed by atoms with Gasteiger partial charge in [0.2, 0.25) is 11.8 Å². The maximum absolute atomic E-state index is 13.2. The van der Waals surface area contributed by atoms with E-state index in [1.54, 1.807) is 0 Å². The molecule has 32 heteroatoms. The zero-order valence-corrected chi connectivity index (χ0v) is 47.1. The number of nitrogen functional groups attached to an aromatic ring is 2. The van der Waals surface area contributed by atoms with Gasteiger partial charge < -0.3 is 38.0 Å². The van der Waals surface area contributed by atoms with E-state index in [4.69, 9.17) is 11.5 Å². The van der Waals surface area contributed by atoms with Crippen LogP contribution >= 0.6 is 0 Å². The van der Waals surface area contributed by atoms with E-state index in [0.29, 0.717) is 12.1 Å². The molecule has 0 aliphatic heterocycles. The minimum absolute atomic E-state index is 0. The van der Waals surface area contributed by atoms with E-state index in [2.05, 4.69) is 31.1 Å². The van der Waals surface area contributed by atoms with Crippen LogP contribution in [0, 0.1) is 0 Å². The monoisotopic (exact) mass is 1050 g/mol. The number of phenolic OH excluding ortho intramolecular Hbond substituents is 2. The van der Waals surface area contributed by atoms with E-state index in [9.17, 15) is 71.7 Å². The maximum atomic E-state index is 13.2. The number of nitrogens with two attached hydrogens (primary N) is 2. The van der Waals surface area contributed by atoms with E-state index in [1.807, 2.05) is 0 Å². The van der Waals surface area contributed by atoms with Crippen molar-refractivity contribution in [3.8, 4) is 11.5 Å². The van der Waals surface area contributed by atoms with Gasteiger partial charge in [-0.25, -0.2) is 0 Å². The number of amides is 2. The molecule has 0 bridgehead atoms. The molecule has 2 amide bonds. The Hall–Kier alpha value is -3.18. The number of benzene rings is 6. The molecule has 0 aliphatic carbocycles. The molecule has 0 aliphatic rings. The van der Waals surface area contributed by atoms with Gasteiger partial charge in [0.05, 0.1) is 43.3 Å². The normalized spacial score (nSPS) is 11.9. The van der Waals surface area contributed by atoms with Crippen LogP contribution in [0.3, 0.4) is 0 Å². The van der Waals surface area contributed by atoms with Crippen molar-refractivity contribution in [3.05, 3.63) is 84.9 Å². The summed E-state index contributed by atoms with van der Waals surface area (Å²) in [7, 11) is -19.7. The Kier molecular flexibility index (Phi) is 21.3. The fourth-order valence-corrected chi connectivity index (χ4v) is 8.43. The summed E-state index contributed by atoms with van der Waals surface area (Å²) in [5.74, 6) is -3.35. The number of rotatable bonds is 13. The van der Waals surface area contributed by atoms with Crippen LogP contribution in [-0.4, -0.2) is 73.9 Å².